The summed E-state index contributed by atoms with van der Waals surface area (Å²) in [6.45, 7) is 3.76. The van der Waals surface area contributed by atoms with Crippen LogP contribution in [0, 0.1) is 0 Å². The van der Waals surface area contributed by atoms with Gasteiger partial charge in [-0.25, -0.2) is 0 Å². The van der Waals surface area contributed by atoms with Gasteiger partial charge in [0.1, 0.15) is 0 Å². The highest BCUT2D eigenvalue weighted by Gasteiger charge is 2.20. The lowest BCUT2D eigenvalue weighted by atomic mass is 9.95. The summed E-state index contributed by atoms with van der Waals surface area (Å²) in [7, 11) is 0. The molecule has 3 nitrogen and oxygen atoms in total. The number of hydrogen-bond donors (Lipinski definition) is 2. The van der Waals surface area contributed by atoms with Crippen LogP contribution in [0.1, 0.15) is 24.3 Å². The Morgan fingerprint density at radius 2 is 2.11 bits per heavy atom. The monoisotopic (exact) mass is 301 g/mol. The van der Waals surface area contributed by atoms with E-state index in [9.17, 15) is 0 Å². The van der Waals surface area contributed by atoms with Crippen LogP contribution in [0.15, 0.2) is 18.2 Å². The van der Waals surface area contributed by atoms with Crippen LogP contribution in [0.25, 0.3) is 0 Å². The van der Waals surface area contributed by atoms with Crippen LogP contribution in [-0.4, -0.2) is 37.1 Å². The number of hydrogen-bond acceptors (Lipinski definition) is 3. The number of benzene rings is 1. The molecule has 1 aliphatic rings. The molecule has 19 heavy (non-hydrogen) atoms. The zero-order valence-corrected chi connectivity index (χ0v) is 12.5. The maximum atomic E-state index is 6.06. The molecule has 1 saturated heterocycles. The average molecular weight is 302 g/mol. The second-order valence-electron chi connectivity index (χ2n) is 5.24. The van der Waals surface area contributed by atoms with Gasteiger partial charge >= 0.3 is 0 Å². The van der Waals surface area contributed by atoms with Gasteiger partial charge in [-0.1, -0.05) is 29.3 Å². The molecule has 0 bridgehead atoms. The topological polar surface area (TPSA) is 55.3 Å². The van der Waals surface area contributed by atoms with E-state index in [4.69, 9.17) is 34.7 Å². The fraction of sp³-hybridized carbons (Fsp3) is 0.571. The number of nitrogens with two attached hydrogens (primary N) is 2. The average Bonchev–Trinajstić information content (AvgIpc) is 2.80. The molecule has 1 aromatic carbocycles. The second kappa shape index (κ2) is 6.91. The van der Waals surface area contributed by atoms with Crippen molar-refractivity contribution in [1.29, 1.82) is 0 Å². The van der Waals surface area contributed by atoms with E-state index in [0.29, 0.717) is 28.5 Å². The molecule has 0 spiro atoms. The molecular weight excluding hydrogens is 281 g/mol. The van der Waals surface area contributed by atoms with Gasteiger partial charge < -0.3 is 16.4 Å². The molecule has 0 radical (unpaired) electrons. The molecule has 2 rings (SSSR count). The molecule has 0 aromatic heterocycles. The van der Waals surface area contributed by atoms with Gasteiger partial charge in [-0.2, -0.15) is 0 Å². The molecule has 2 atom stereocenters. The van der Waals surface area contributed by atoms with Crippen molar-refractivity contribution < 1.29 is 0 Å². The molecule has 1 aromatic rings. The van der Waals surface area contributed by atoms with Gasteiger partial charge in [0.15, 0.2) is 0 Å². The van der Waals surface area contributed by atoms with Crippen molar-refractivity contribution in [3.63, 3.8) is 0 Å². The summed E-state index contributed by atoms with van der Waals surface area (Å²) in [5.41, 5.74) is 13.0. The van der Waals surface area contributed by atoms with Crippen molar-refractivity contribution in [2.24, 2.45) is 11.5 Å². The maximum Gasteiger partial charge on any atom is 0.0595 e. The third kappa shape index (κ3) is 4.07. The molecule has 0 amide bonds. The van der Waals surface area contributed by atoms with Gasteiger partial charge in [0.05, 0.1) is 10.0 Å². The van der Waals surface area contributed by atoms with Gasteiger partial charge in [0, 0.05) is 12.6 Å². The van der Waals surface area contributed by atoms with E-state index < -0.39 is 0 Å². The molecular formula is C14H21Cl2N3. The number of nitrogens with zero attached hydrogens (tertiary/aromatic N) is 1. The lowest BCUT2D eigenvalue weighted by Crippen LogP contribution is -2.29. The van der Waals surface area contributed by atoms with Crippen molar-refractivity contribution in [2.45, 2.75) is 24.8 Å². The fourth-order valence-electron chi connectivity index (χ4n) is 2.59. The first-order valence-electron chi connectivity index (χ1n) is 6.73. The summed E-state index contributed by atoms with van der Waals surface area (Å²) in [4.78, 5) is 2.41. The fourth-order valence-corrected chi connectivity index (χ4v) is 2.90. The van der Waals surface area contributed by atoms with E-state index in [-0.39, 0.29) is 0 Å². The lowest BCUT2D eigenvalue weighted by Gasteiger charge is -2.20. The third-order valence-corrected chi connectivity index (χ3v) is 4.54. The highest BCUT2D eigenvalue weighted by Crippen LogP contribution is 2.28. The summed E-state index contributed by atoms with van der Waals surface area (Å²) >= 11 is 12.0. The van der Waals surface area contributed by atoms with Crippen LogP contribution in [0.5, 0.6) is 0 Å². The molecule has 1 heterocycles. The highest BCUT2D eigenvalue weighted by atomic mass is 35.5. The third-order valence-electron chi connectivity index (χ3n) is 3.80. The first-order chi connectivity index (χ1) is 9.10. The van der Waals surface area contributed by atoms with Gasteiger partial charge in [-0.05, 0) is 56.1 Å². The largest absolute Gasteiger partial charge is 0.330 e. The van der Waals surface area contributed by atoms with Gasteiger partial charge in [0.25, 0.3) is 0 Å². The number of halogens is 2. The van der Waals surface area contributed by atoms with Crippen LogP contribution in [0.2, 0.25) is 10.0 Å². The van der Waals surface area contributed by atoms with Crippen LogP contribution >= 0.6 is 23.2 Å². The quantitative estimate of drug-likeness (QED) is 0.878. The van der Waals surface area contributed by atoms with Crippen molar-refractivity contribution in [2.75, 3.05) is 26.2 Å². The van der Waals surface area contributed by atoms with E-state index in [2.05, 4.69) is 4.90 Å². The van der Waals surface area contributed by atoms with Crippen LogP contribution < -0.4 is 11.5 Å². The van der Waals surface area contributed by atoms with Crippen LogP contribution in [-0.2, 0) is 0 Å². The molecule has 0 aliphatic carbocycles. The minimum Gasteiger partial charge on any atom is -0.330 e. The first-order valence-corrected chi connectivity index (χ1v) is 7.48. The Hall–Kier alpha value is -0.320. The summed E-state index contributed by atoms with van der Waals surface area (Å²) in [6.07, 6.45) is 2.13. The van der Waals surface area contributed by atoms with Gasteiger partial charge in [0.2, 0.25) is 0 Å². The van der Waals surface area contributed by atoms with Crippen molar-refractivity contribution in [3.05, 3.63) is 33.8 Å². The Bertz CT molecular complexity index is 425. The molecule has 5 heteroatoms. The van der Waals surface area contributed by atoms with Gasteiger partial charge in [-0.3, -0.25) is 0 Å². The molecule has 106 valence electrons. The summed E-state index contributed by atoms with van der Waals surface area (Å²) in [6, 6.07) is 6.12. The molecule has 4 N–H and O–H groups in total. The zero-order valence-electron chi connectivity index (χ0n) is 11.0. The minimum atomic E-state index is 0.326. The van der Waals surface area contributed by atoms with E-state index >= 15 is 0 Å². The predicted octanol–water partition coefficient (Wildman–Crippen LogP) is 2.46. The number of likely N-dealkylation sites (tertiary alicyclic amines) is 1. The summed E-state index contributed by atoms with van der Waals surface area (Å²) < 4.78 is 0. The molecule has 1 aliphatic heterocycles. The standard InChI is InChI=1S/C14H21Cl2N3/c15-13-2-1-10(7-14(13)16)11(8-17)3-5-19-6-4-12(18)9-19/h1-2,7,11-12H,3-6,8-9,17-18H2. The maximum absolute atomic E-state index is 6.06. The van der Waals surface area contributed by atoms with E-state index in [1.165, 1.54) is 5.56 Å². The predicted molar refractivity (Wildman–Crippen MR) is 81.9 cm³/mol. The smallest absolute Gasteiger partial charge is 0.0595 e. The summed E-state index contributed by atoms with van der Waals surface area (Å²) in [5.74, 6) is 0.326. The van der Waals surface area contributed by atoms with E-state index in [1.807, 2.05) is 18.2 Å². The minimum absolute atomic E-state index is 0.326. The van der Waals surface area contributed by atoms with Crippen LogP contribution in [0.3, 0.4) is 0 Å². The Kier molecular flexibility index (Phi) is 5.48. The van der Waals surface area contributed by atoms with Crippen molar-refractivity contribution >= 4 is 23.2 Å². The van der Waals surface area contributed by atoms with Gasteiger partial charge in [-0.15, -0.1) is 0 Å². The molecule has 1 fully saturated rings. The Morgan fingerprint density at radius 3 is 2.68 bits per heavy atom. The first kappa shape index (κ1) is 15.1. The van der Waals surface area contributed by atoms with E-state index in [0.717, 1.165) is 32.5 Å². The zero-order chi connectivity index (χ0) is 13.8. The second-order valence-corrected chi connectivity index (χ2v) is 6.06. The van der Waals surface area contributed by atoms with Crippen LogP contribution in [0.4, 0.5) is 0 Å². The van der Waals surface area contributed by atoms with E-state index in [1.54, 1.807) is 0 Å². The lowest BCUT2D eigenvalue weighted by molar-refractivity contribution is 0.318. The summed E-state index contributed by atoms with van der Waals surface area (Å²) in [5, 5.41) is 1.19. The molecule has 2 unspecified atom stereocenters. The highest BCUT2D eigenvalue weighted by molar-refractivity contribution is 6.42. The van der Waals surface area contributed by atoms with Crippen molar-refractivity contribution in [3.8, 4) is 0 Å². The normalized spacial score (nSPS) is 21.8. The van der Waals surface area contributed by atoms with Crippen molar-refractivity contribution in [1.82, 2.24) is 4.90 Å². The Morgan fingerprint density at radius 1 is 1.32 bits per heavy atom. The molecule has 0 saturated carbocycles. The SMILES string of the molecule is NCC(CCN1CCC(N)C1)c1ccc(Cl)c(Cl)c1. The Labute approximate surface area is 124 Å². The number of rotatable bonds is 5. The Balaban J connectivity index is 1.93.